The number of rotatable bonds is 6. The second-order valence-corrected chi connectivity index (χ2v) is 4.99. The van der Waals surface area contributed by atoms with Gasteiger partial charge in [-0.2, -0.15) is 5.10 Å². The molecule has 8 nitrogen and oxygen atoms in total. The summed E-state index contributed by atoms with van der Waals surface area (Å²) in [7, 11) is 0. The molecule has 8 heteroatoms. The molecule has 0 radical (unpaired) electrons. The quantitative estimate of drug-likeness (QED) is 0.727. The van der Waals surface area contributed by atoms with Crippen LogP contribution in [0.25, 0.3) is 0 Å². The minimum atomic E-state index is -0.434. The molecule has 118 valence electrons. The van der Waals surface area contributed by atoms with Gasteiger partial charge in [-0.05, 0) is 17.7 Å². The Morgan fingerprint density at radius 2 is 1.96 bits per heavy atom. The Morgan fingerprint density at radius 3 is 2.61 bits per heavy atom. The third kappa shape index (κ3) is 3.27. The van der Waals surface area contributed by atoms with Crippen LogP contribution in [-0.4, -0.2) is 49.7 Å². The van der Waals surface area contributed by atoms with E-state index in [2.05, 4.69) is 15.4 Å². The minimum Gasteiger partial charge on any atom is -0.395 e. The normalized spacial score (nSPS) is 14.3. The minimum absolute atomic E-state index is 0.00378. The fourth-order valence-electron chi connectivity index (χ4n) is 2.26. The summed E-state index contributed by atoms with van der Waals surface area (Å²) in [5.41, 5.74) is 1.93. The number of hydrogen-bond acceptors (Lipinski definition) is 6. The molecule has 0 spiro atoms. The van der Waals surface area contributed by atoms with E-state index in [4.69, 9.17) is 5.11 Å². The second kappa shape index (κ2) is 6.41. The Kier molecular flexibility index (Phi) is 4.15. The molecule has 2 aromatic rings. The molecule has 2 heterocycles. The van der Waals surface area contributed by atoms with Crippen molar-refractivity contribution in [1.29, 1.82) is 0 Å². The summed E-state index contributed by atoms with van der Waals surface area (Å²) in [6.07, 6.45) is 4.35. The van der Waals surface area contributed by atoms with E-state index in [1.807, 2.05) is 24.3 Å². The van der Waals surface area contributed by atoms with Crippen LogP contribution < -0.4 is 5.32 Å². The number of aliphatic hydroxyl groups excluding tert-OH is 1. The number of nitrogens with zero attached hydrogens (tertiary/aromatic N) is 4. The van der Waals surface area contributed by atoms with Crippen LogP contribution in [0.15, 0.2) is 48.7 Å². The Bertz CT molecular complexity index is 737. The number of anilines is 1. The lowest BCUT2D eigenvalue weighted by atomic mass is 10.2. The third-order valence-corrected chi connectivity index (χ3v) is 3.38. The van der Waals surface area contributed by atoms with Crippen molar-refractivity contribution in [2.24, 2.45) is 0 Å². The molecule has 2 N–H and O–H groups in total. The van der Waals surface area contributed by atoms with E-state index in [-0.39, 0.29) is 18.8 Å². The van der Waals surface area contributed by atoms with E-state index in [0.29, 0.717) is 12.2 Å². The molecule has 23 heavy (non-hydrogen) atoms. The molecule has 0 bridgehead atoms. The number of aliphatic hydroxyl groups is 1. The topological polar surface area (TPSA) is 100 Å². The molecule has 0 fully saturated rings. The average molecular weight is 313 g/mol. The lowest BCUT2D eigenvalue weighted by Gasteiger charge is -2.13. The van der Waals surface area contributed by atoms with Crippen molar-refractivity contribution in [3.63, 3.8) is 0 Å². The van der Waals surface area contributed by atoms with Gasteiger partial charge in [0.2, 0.25) is 0 Å². The van der Waals surface area contributed by atoms with Gasteiger partial charge in [0.1, 0.15) is 18.4 Å². The standard InChI is InChI=1S/C15H15N5O3/c21-6-5-20-14(22)7-13(15(20)23)18-12-3-1-11(2-4-12)8-19-10-16-9-17-19/h1-4,7,9-10,18,21H,5-6,8H2. The summed E-state index contributed by atoms with van der Waals surface area (Å²) in [5.74, 6) is -0.856. The molecule has 1 aliphatic heterocycles. The first-order valence-corrected chi connectivity index (χ1v) is 7.04. The van der Waals surface area contributed by atoms with Crippen molar-refractivity contribution in [2.45, 2.75) is 6.54 Å². The molecule has 3 rings (SSSR count). The summed E-state index contributed by atoms with van der Waals surface area (Å²) < 4.78 is 1.71. The average Bonchev–Trinajstić information content (AvgIpc) is 3.14. The molecule has 0 aliphatic carbocycles. The number of amides is 2. The van der Waals surface area contributed by atoms with Crippen LogP contribution in [0.4, 0.5) is 5.69 Å². The third-order valence-electron chi connectivity index (χ3n) is 3.38. The zero-order valence-electron chi connectivity index (χ0n) is 12.2. The molecular weight excluding hydrogens is 298 g/mol. The van der Waals surface area contributed by atoms with E-state index in [9.17, 15) is 9.59 Å². The molecule has 0 saturated heterocycles. The van der Waals surface area contributed by atoms with Crippen LogP contribution in [0.2, 0.25) is 0 Å². The van der Waals surface area contributed by atoms with E-state index in [1.165, 1.54) is 12.4 Å². The maximum atomic E-state index is 12.0. The second-order valence-electron chi connectivity index (χ2n) is 4.99. The van der Waals surface area contributed by atoms with Gasteiger partial charge in [-0.25, -0.2) is 9.67 Å². The summed E-state index contributed by atoms with van der Waals surface area (Å²) in [6, 6.07) is 7.44. The molecule has 1 aliphatic rings. The zero-order valence-corrected chi connectivity index (χ0v) is 12.2. The van der Waals surface area contributed by atoms with Crippen LogP contribution >= 0.6 is 0 Å². The van der Waals surface area contributed by atoms with Gasteiger partial charge in [0, 0.05) is 11.8 Å². The van der Waals surface area contributed by atoms with Gasteiger partial charge in [0.05, 0.1) is 19.7 Å². The van der Waals surface area contributed by atoms with Gasteiger partial charge >= 0.3 is 0 Å². The maximum absolute atomic E-state index is 12.0. The number of carbonyl (C=O) groups is 2. The highest BCUT2D eigenvalue weighted by atomic mass is 16.3. The lowest BCUT2D eigenvalue weighted by Crippen LogP contribution is -2.34. The van der Waals surface area contributed by atoms with Gasteiger partial charge in [-0.1, -0.05) is 12.1 Å². The number of β-amino-alcohol motifs (C(OH)–C–C–N with tert-alkyl or cyclic N) is 1. The highest BCUT2D eigenvalue weighted by Crippen LogP contribution is 2.17. The maximum Gasteiger partial charge on any atom is 0.277 e. The van der Waals surface area contributed by atoms with E-state index >= 15 is 0 Å². The van der Waals surface area contributed by atoms with Gasteiger partial charge in [0.25, 0.3) is 11.8 Å². The van der Waals surface area contributed by atoms with Crippen molar-refractivity contribution < 1.29 is 14.7 Å². The molecule has 0 saturated carbocycles. The first-order valence-electron chi connectivity index (χ1n) is 7.04. The van der Waals surface area contributed by atoms with Gasteiger partial charge < -0.3 is 10.4 Å². The molecule has 2 amide bonds. The van der Waals surface area contributed by atoms with E-state index in [0.717, 1.165) is 10.5 Å². The van der Waals surface area contributed by atoms with Gasteiger partial charge in [-0.15, -0.1) is 0 Å². The highest BCUT2D eigenvalue weighted by Gasteiger charge is 2.30. The fraction of sp³-hybridized carbons (Fsp3) is 0.200. The molecule has 1 aromatic carbocycles. The largest absolute Gasteiger partial charge is 0.395 e. The van der Waals surface area contributed by atoms with E-state index in [1.54, 1.807) is 11.0 Å². The Hall–Kier alpha value is -3.00. The van der Waals surface area contributed by atoms with Crippen molar-refractivity contribution in [1.82, 2.24) is 19.7 Å². The van der Waals surface area contributed by atoms with E-state index < -0.39 is 11.8 Å². The number of carbonyl (C=O) groups excluding carboxylic acids is 2. The molecular formula is C15H15N5O3. The van der Waals surface area contributed by atoms with Crippen LogP contribution in [0, 0.1) is 0 Å². The van der Waals surface area contributed by atoms with Crippen molar-refractivity contribution >= 4 is 17.5 Å². The summed E-state index contributed by atoms with van der Waals surface area (Å²) in [6.45, 7) is 0.344. The SMILES string of the molecule is O=C1C=C(Nc2ccc(Cn3cncn3)cc2)C(=O)N1CCO. The number of nitrogens with one attached hydrogen (secondary N) is 1. The highest BCUT2D eigenvalue weighted by molar-refractivity contribution is 6.17. The Balaban J connectivity index is 1.66. The first-order chi connectivity index (χ1) is 11.2. The Morgan fingerprint density at radius 1 is 1.17 bits per heavy atom. The first kappa shape index (κ1) is 14.9. The smallest absolute Gasteiger partial charge is 0.277 e. The number of hydrogen-bond donors (Lipinski definition) is 2. The lowest BCUT2D eigenvalue weighted by molar-refractivity contribution is -0.137. The van der Waals surface area contributed by atoms with Crippen LogP contribution in [-0.2, 0) is 16.1 Å². The number of benzene rings is 1. The number of aromatic nitrogens is 3. The summed E-state index contributed by atoms with van der Waals surface area (Å²) in [5, 5.41) is 15.8. The molecule has 0 unspecified atom stereocenters. The van der Waals surface area contributed by atoms with Crippen molar-refractivity contribution in [2.75, 3.05) is 18.5 Å². The predicted molar refractivity (Wildman–Crippen MR) is 81.1 cm³/mol. The van der Waals surface area contributed by atoms with Crippen LogP contribution in [0.1, 0.15) is 5.56 Å². The zero-order chi connectivity index (χ0) is 16.2. The summed E-state index contributed by atoms with van der Waals surface area (Å²) in [4.78, 5) is 28.6. The summed E-state index contributed by atoms with van der Waals surface area (Å²) >= 11 is 0. The monoisotopic (exact) mass is 313 g/mol. The Labute approximate surface area is 132 Å². The van der Waals surface area contributed by atoms with Crippen molar-refractivity contribution in [3.05, 3.63) is 54.3 Å². The van der Waals surface area contributed by atoms with Gasteiger partial charge in [0.15, 0.2) is 0 Å². The number of imide groups is 1. The van der Waals surface area contributed by atoms with Crippen LogP contribution in [0.5, 0.6) is 0 Å². The fourth-order valence-corrected chi connectivity index (χ4v) is 2.26. The van der Waals surface area contributed by atoms with Crippen molar-refractivity contribution in [3.8, 4) is 0 Å². The van der Waals surface area contributed by atoms with Crippen LogP contribution in [0.3, 0.4) is 0 Å². The molecule has 1 aromatic heterocycles. The van der Waals surface area contributed by atoms with Gasteiger partial charge in [-0.3, -0.25) is 14.5 Å². The predicted octanol–water partition coefficient (Wildman–Crippen LogP) is -0.0167. The molecule has 0 atom stereocenters.